The maximum Gasteiger partial charge on any atom is 0.337 e. The first-order chi connectivity index (χ1) is 14.6. The third kappa shape index (κ3) is 3.96. The molecular weight excluding hydrogens is 444 g/mol. The Morgan fingerprint density at radius 1 is 1.03 bits per heavy atom. The van der Waals surface area contributed by atoms with Crippen molar-refractivity contribution in [3.63, 3.8) is 0 Å². The largest absolute Gasteiger partial charge is 0.495 e. The van der Waals surface area contributed by atoms with Crippen LogP contribution in [0.5, 0.6) is 5.75 Å². The number of hydrogen-bond acceptors (Lipinski definition) is 4. The highest BCUT2D eigenvalue weighted by Crippen LogP contribution is 2.30. The number of carbonyl (C=O) groups excluding carboxylic acids is 1. The van der Waals surface area contributed by atoms with Gasteiger partial charge >= 0.3 is 5.97 Å². The summed E-state index contributed by atoms with van der Waals surface area (Å²) in [5, 5.41) is 5.49. The molecule has 0 aliphatic rings. The van der Waals surface area contributed by atoms with Crippen LogP contribution in [0.1, 0.15) is 27.0 Å². The highest BCUT2D eigenvalue weighted by molar-refractivity contribution is 9.08. The van der Waals surface area contributed by atoms with Crippen LogP contribution in [-0.4, -0.2) is 29.8 Å². The van der Waals surface area contributed by atoms with Crippen molar-refractivity contribution >= 4 is 27.4 Å². The lowest BCUT2D eigenvalue weighted by Gasteiger charge is -2.09. The van der Waals surface area contributed by atoms with E-state index >= 15 is 0 Å². The highest BCUT2D eigenvalue weighted by Gasteiger charge is 2.17. The number of methoxy groups -OCH3 is 2. The molecule has 0 aliphatic carbocycles. The lowest BCUT2D eigenvalue weighted by Crippen LogP contribution is -2.03. The van der Waals surface area contributed by atoms with Gasteiger partial charge in [-0.1, -0.05) is 52.3 Å². The maximum atomic E-state index is 12.1. The first kappa shape index (κ1) is 20.2. The van der Waals surface area contributed by atoms with Crippen LogP contribution < -0.4 is 4.74 Å². The molecule has 0 amide bonds. The number of aromatic nitrogens is 2. The van der Waals surface area contributed by atoms with Crippen LogP contribution in [0.25, 0.3) is 16.8 Å². The van der Waals surface area contributed by atoms with Gasteiger partial charge in [0.25, 0.3) is 0 Å². The molecule has 0 unspecified atom stereocenters. The van der Waals surface area contributed by atoms with Crippen molar-refractivity contribution in [2.24, 2.45) is 0 Å². The quantitative estimate of drug-likeness (QED) is 0.287. The van der Waals surface area contributed by atoms with E-state index in [-0.39, 0.29) is 5.97 Å². The standard InChI is InChI=1S/C24H21BrN2O3/c1-29-20-8-9-22-21(23(26-27(22)15-20)18-6-4-3-5-7-18)13-16-10-17(14-25)12-19(11-16)24(28)30-2/h3-12,15H,13-14H2,1-2H3. The SMILES string of the molecule is COC(=O)c1cc(CBr)cc(Cc2c(-c3ccccc3)nn3cc(OC)ccc23)c1. The molecule has 0 spiro atoms. The number of alkyl halides is 1. The fraction of sp³-hybridized carbons (Fsp3) is 0.167. The summed E-state index contributed by atoms with van der Waals surface area (Å²) in [6.07, 6.45) is 2.50. The predicted molar refractivity (Wildman–Crippen MR) is 120 cm³/mol. The molecule has 0 bridgehead atoms. The van der Waals surface area contributed by atoms with E-state index in [1.807, 2.05) is 53.2 Å². The average molecular weight is 465 g/mol. The van der Waals surface area contributed by atoms with Gasteiger partial charge in [0, 0.05) is 22.9 Å². The van der Waals surface area contributed by atoms with E-state index in [0.717, 1.165) is 39.2 Å². The zero-order valence-corrected chi connectivity index (χ0v) is 18.3. The number of benzene rings is 2. The molecule has 6 heteroatoms. The Morgan fingerprint density at radius 3 is 2.50 bits per heavy atom. The molecular formula is C24H21BrN2O3. The second-order valence-corrected chi connectivity index (χ2v) is 7.49. The fourth-order valence-corrected chi connectivity index (χ4v) is 3.91. The zero-order valence-electron chi connectivity index (χ0n) is 16.8. The summed E-state index contributed by atoms with van der Waals surface area (Å²) >= 11 is 3.50. The number of hydrogen-bond donors (Lipinski definition) is 0. The van der Waals surface area contributed by atoms with E-state index in [2.05, 4.69) is 34.1 Å². The van der Waals surface area contributed by atoms with Gasteiger partial charge in [0.05, 0.1) is 37.2 Å². The Kier molecular flexibility index (Phi) is 5.86. The average Bonchev–Trinajstić information content (AvgIpc) is 3.16. The molecule has 0 saturated carbocycles. The van der Waals surface area contributed by atoms with Crippen LogP contribution >= 0.6 is 15.9 Å². The molecule has 5 nitrogen and oxygen atoms in total. The smallest absolute Gasteiger partial charge is 0.337 e. The van der Waals surface area contributed by atoms with Crippen molar-refractivity contribution < 1.29 is 14.3 Å². The Morgan fingerprint density at radius 2 is 1.80 bits per heavy atom. The second kappa shape index (κ2) is 8.71. The number of carbonyl (C=O) groups is 1. The molecule has 4 rings (SSSR count). The Labute approximate surface area is 183 Å². The lowest BCUT2D eigenvalue weighted by atomic mass is 9.97. The summed E-state index contributed by atoms with van der Waals surface area (Å²) in [5.74, 6) is 0.400. The van der Waals surface area contributed by atoms with Crippen molar-refractivity contribution in [3.8, 4) is 17.0 Å². The van der Waals surface area contributed by atoms with Crippen LogP contribution in [0.4, 0.5) is 0 Å². The van der Waals surface area contributed by atoms with Crippen molar-refractivity contribution in [3.05, 3.63) is 89.1 Å². The van der Waals surface area contributed by atoms with Gasteiger partial charge < -0.3 is 9.47 Å². The van der Waals surface area contributed by atoms with Crippen LogP contribution in [-0.2, 0) is 16.5 Å². The van der Waals surface area contributed by atoms with E-state index in [9.17, 15) is 4.79 Å². The minimum atomic E-state index is -0.341. The summed E-state index contributed by atoms with van der Waals surface area (Å²) in [6.45, 7) is 0. The third-order valence-electron chi connectivity index (χ3n) is 5.00. The molecule has 30 heavy (non-hydrogen) atoms. The van der Waals surface area contributed by atoms with Gasteiger partial charge in [-0.25, -0.2) is 9.31 Å². The van der Waals surface area contributed by atoms with Crippen molar-refractivity contribution in [2.75, 3.05) is 14.2 Å². The van der Waals surface area contributed by atoms with Crippen molar-refractivity contribution in [1.29, 1.82) is 0 Å². The zero-order chi connectivity index (χ0) is 21.1. The number of halogens is 1. The molecule has 2 aromatic carbocycles. The molecule has 0 radical (unpaired) electrons. The minimum absolute atomic E-state index is 0.341. The Hall–Kier alpha value is -3.12. The third-order valence-corrected chi connectivity index (χ3v) is 5.64. The van der Waals surface area contributed by atoms with Gasteiger partial charge in [-0.3, -0.25) is 0 Å². The fourth-order valence-electron chi connectivity index (χ4n) is 3.59. The first-order valence-electron chi connectivity index (χ1n) is 9.50. The van der Waals surface area contributed by atoms with Crippen LogP contribution in [0.3, 0.4) is 0 Å². The summed E-state index contributed by atoms with van der Waals surface area (Å²) in [5.41, 5.74) is 6.63. The molecule has 4 aromatic rings. The van der Waals surface area contributed by atoms with Gasteiger partial charge in [-0.2, -0.15) is 5.10 Å². The number of fused-ring (bicyclic) bond motifs is 1. The number of ether oxygens (including phenoxy) is 2. The normalized spacial score (nSPS) is 10.9. The van der Waals surface area contributed by atoms with E-state index in [0.29, 0.717) is 17.3 Å². The van der Waals surface area contributed by atoms with Crippen LogP contribution in [0.15, 0.2) is 66.9 Å². The van der Waals surface area contributed by atoms with Gasteiger partial charge in [0.1, 0.15) is 5.75 Å². The minimum Gasteiger partial charge on any atom is -0.495 e. The van der Waals surface area contributed by atoms with Gasteiger partial charge in [-0.05, 0) is 35.4 Å². The monoisotopic (exact) mass is 464 g/mol. The highest BCUT2D eigenvalue weighted by atomic mass is 79.9. The number of rotatable bonds is 6. The second-order valence-electron chi connectivity index (χ2n) is 6.93. The summed E-state index contributed by atoms with van der Waals surface area (Å²) in [4.78, 5) is 12.1. The number of pyridine rings is 1. The Bertz CT molecular complexity index is 1200. The number of nitrogens with zero attached hydrogens (tertiary/aromatic N) is 2. The summed E-state index contributed by atoms with van der Waals surface area (Å²) in [7, 11) is 3.04. The van der Waals surface area contributed by atoms with Crippen molar-refractivity contribution in [1.82, 2.24) is 9.61 Å². The predicted octanol–water partition coefficient (Wildman–Crippen LogP) is 5.28. The van der Waals surface area contributed by atoms with E-state index in [1.54, 1.807) is 7.11 Å². The molecule has 0 fully saturated rings. The van der Waals surface area contributed by atoms with Gasteiger partial charge in [0.2, 0.25) is 0 Å². The molecule has 0 N–H and O–H groups in total. The van der Waals surface area contributed by atoms with Crippen LogP contribution in [0, 0.1) is 0 Å². The van der Waals surface area contributed by atoms with E-state index < -0.39 is 0 Å². The molecule has 0 aliphatic heterocycles. The maximum absolute atomic E-state index is 12.1. The molecule has 152 valence electrons. The summed E-state index contributed by atoms with van der Waals surface area (Å²) < 4.78 is 12.1. The topological polar surface area (TPSA) is 52.8 Å². The molecule has 0 atom stereocenters. The van der Waals surface area contributed by atoms with Gasteiger partial charge in [-0.15, -0.1) is 0 Å². The molecule has 2 heterocycles. The van der Waals surface area contributed by atoms with E-state index in [4.69, 9.17) is 14.6 Å². The van der Waals surface area contributed by atoms with Crippen LogP contribution in [0.2, 0.25) is 0 Å². The van der Waals surface area contributed by atoms with Gasteiger partial charge in [0.15, 0.2) is 0 Å². The number of esters is 1. The first-order valence-corrected chi connectivity index (χ1v) is 10.6. The molecule has 0 saturated heterocycles. The summed E-state index contributed by atoms with van der Waals surface area (Å²) in [6, 6.07) is 19.9. The van der Waals surface area contributed by atoms with E-state index in [1.165, 1.54) is 7.11 Å². The van der Waals surface area contributed by atoms with Crippen molar-refractivity contribution in [2.45, 2.75) is 11.8 Å². The molecule has 2 aromatic heterocycles. The Balaban J connectivity index is 1.87. The lowest BCUT2D eigenvalue weighted by molar-refractivity contribution is 0.0600.